The number of aryl methyl sites for hydroxylation is 3. The second-order valence-electron chi connectivity index (χ2n) is 8.38. The van der Waals surface area contributed by atoms with Crippen molar-refractivity contribution in [3.05, 3.63) is 76.5 Å². The quantitative estimate of drug-likeness (QED) is 0.659. The van der Waals surface area contributed by atoms with Crippen molar-refractivity contribution in [2.75, 3.05) is 11.5 Å². The van der Waals surface area contributed by atoms with E-state index in [9.17, 15) is 13.2 Å². The summed E-state index contributed by atoms with van der Waals surface area (Å²) in [6.45, 7) is 6.51. The topological polar surface area (TPSA) is 81.1 Å². The number of nitrogens with one attached hydrogen (secondary N) is 1. The van der Waals surface area contributed by atoms with Crippen LogP contribution in [0.3, 0.4) is 0 Å². The molecule has 1 fully saturated rings. The largest absolute Gasteiger partial charge is 0.347 e. The molecular formula is C24H27N3O3S. The summed E-state index contributed by atoms with van der Waals surface area (Å²) in [5, 5.41) is 7.47. The molecule has 4 rings (SSSR count). The van der Waals surface area contributed by atoms with Gasteiger partial charge in [-0.05, 0) is 56.0 Å². The van der Waals surface area contributed by atoms with E-state index < -0.39 is 9.84 Å². The molecule has 1 aliphatic rings. The molecule has 1 amide bonds. The van der Waals surface area contributed by atoms with Crippen LogP contribution in [0.15, 0.2) is 48.5 Å². The Morgan fingerprint density at radius 2 is 1.81 bits per heavy atom. The smallest absolute Gasteiger partial charge is 0.272 e. The fourth-order valence-electron chi connectivity index (χ4n) is 3.85. The van der Waals surface area contributed by atoms with E-state index in [-0.39, 0.29) is 23.5 Å². The van der Waals surface area contributed by atoms with Crippen molar-refractivity contribution in [3.8, 4) is 11.3 Å². The number of sulfone groups is 1. The first-order valence-corrected chi connectivity index (χ1v) is 12.3. The van der Waals surface area contributed by atoms with Crippen LogP contribution in [0.1, 0.15) is 45.2 Å². The van der Waals surface area contributed by atoms with Crippen molar-refractivity contribution in [2.24, 2.45) is 0 Å². The minimum absolute atomic E-state index is 0.0525. The summed E-state index contributed by atoms with van der Waals surface area (Å²) in [5.74, 6) is -0.0687. The summed E-state index contributed by atoms with van der Waals surface area (Å²) in [6, 6.07) is 15.6. The third kappa shape index (κ3) is 4.71. The number of hydrogen-bond donors (Lipinski definition) is 1. The minimum atomic E-state index is -3.08. The van der Waals surface area contributed by atoms with Crippen LogP contribution in [-0.4, -0.2) is 35.6 Å². The highest BCUT2D eigenvalue weighted by molar-refractivity contribution is 7.91. The molecular weight excluding hydrogens is 410 g/mol. The summed E-state index contributed by atoms with van der Waals surface area (Å²) in [4.78, 5) is 12.8. The number of aromatic nitrogens is 2. The van der Waals surface area contributed by atoms with Gasteiger partial charge in [-0.3, -0.25) is 9.48 Å². The third-order valence-electron chi connectivity index (χ3n) is 5.90. The van der Waals surface area contributed by atoms with Crippen LogP contribution < -0.4 is 5.32 Å². The molecule has 1 aliphatic heterocycles. The fraction of sp³-hybridized carbons (Fsp3) is 0.333. The molecule has 1 unspecified atom stereocenters. The zero-order valence-electron chi connectivity index (χ0n) is 18.1. The molecule has 0 bridgehead atoms. The summed E-state index contributed by atoms with van der Waals surface area (Å²) in [5.41, 5.74) is 6.48. The molecule has 1 N–H and O–H groups in total. The first-order valence-electron chi connectivity index (χ1n) is 10.4. The standard InChI is InChI=1S/C24H27N3O3S/c1-16-4-7-19(8-5-16)14-25-24(28)22-13-23(20-9-6-17(2)18(3)12-20)27(26-22)21-10-11-31(29,30)15-21/h4-9,12-13,21H,10-11,14-15H2,1-3H3,(H,25,28). The Hall–Kier alpha value is -2.93. The van der Waals surface area contributed by atoms with E-state index in [1.807, 2.05) is 57.2 Å². The average Bonchev–Trinajstić information content (AvgIpc) is 3.33. The Kier molecular flexibility index (Phi) is 5.71. The highest BCUT2D eigenvalue weighted by Gasteiger charge is 2.32. The first kappa shape index (κ1) is 21.3. The van der Waals surface area contributed by atoms with E-state index in [1.165, 1.54) is 11.1 Å². The number of amides is 1. The molecule has 2 heterocycles. The van der Waals surface area contributed by atoms with Crippen LogP contribution in [0.5, 0.6) is 0 Å². The lowest BCUT2D eigenvalue weighted by molar-refractivity contribution is 0.0945. The molecule has 162 valence electrons. The lowest BCUT2D eigenvalue weighted by Gasteiger charge is -2.14. The Labute approximate surface area is 183 Å². The van der Waals surface area contributed by atoms with Crippen LogP contribution in [0, 0.1) is 20.8 Å². The van der Waals surface area contributed by atoms with Gasteiger partial charge in [0.25, 0.3) is 5.91 Å². The molecule has 6 nitrogen and oxygen atoms in total. The van der Waals surface area contributed by atoms with Crippen molar-refractivity contribution >= 4 is 15.7 Å². The van der Waals surface area contributed by atoms with Gasteiger partial charge in [0.15, 0.2) is 15.5 Å². The summed E-state index contributed by atoms with van der Waals surface area (Å²) >= 11 is 0. The molecule has 0 spiro atoms. The number of carbonyl (C=O) groups excluding carboxylic acids is 1. The number of carbonyl (C=O) groups is 1. The Balaban J connectivity index is 1.64. The van der Waals surface area contributed by atoms with E-state index in [1.54, 1.807) is 10.7 Å². The Bertz CT molecular complexity index is 1230. The molecule has 2 aromatic carbocycles. The van der Waals surface area contributed by atoms with Crippen LogP contribution in [0.2, 0.25) is 0 Å². The summed E-state index contributed by atoms with van der Waals surface area (Å²) < 4.78 is 25.9. The van der Waals surface area contributed by atoms with Gasteiger partial charge in [0.2, 0.25) is 0 Å². The van der Waals surface area contributed by atoms with Gasteiger partial charge >= 0.3 is 0 Å². The van der Waals surface area contributed by atoms with E-state index in [2.05, 4.69) is 16.5 Å². The van der Waals surface area contributed by atoms with Gasteiger partial charge in [-0.1, -0.05) is 42.0 Å². The second kappa shape index (κ2) is 8.30. The molecule has 7 heteroatoms. The third-order valence-corrected chi connectivity index (χ3v) is 7.65. The Morgan fingerprint density at radius 1 is 1.06 bits per heavy atom. The lowest BCUT2D eigenvalue weighted by Crippen LogP contribution is -2.24. The minimum Gasteiger partial charge on any atom is -0.347 e. The van der Waals surface area contributed by atoms with E-state index in [0.29, 0.717) is 18.7 Å². The first-order chi connectivity index (χ1) is 14.7. The molecule has 1 aromatic heterocycles. The van der Waals surface area contributed by atoms with Gasteiger partial charge in [0.1, 0.15) is 0 Å². The summed E-state index contributed by atoms with van der Waals surface area (Å²) in [7, 11) is -3.08. The van der Waals surface area contributed by atoms with Crippen LogP contribution in [0.25, 0.3) is 11.3 Å². The monoisotopic (exact) mass is 437 g/mol. The van der Waals surface area contributed by atoms with Gasteiger partial charge in [0.05, 0.1) is 23.2 Å². The predicted molar refractivity (Wildman–Crippen MR) is 122 cm³/mol. The zero-order chi connectivity index (χ0) is 22.2. The van der Waals surface area contributed by atoms with Gasteiger partial charge in [0, 0.05) is 12.1 Å². The van der Waals surface area contributed by atoms with Crippen LogP contribution in [0.4, 0.5) is 0 Å². The maximum atomic E-state index is 12.8. The summed E-state index contributed by atoms with van der Waals surface area (Å²) in [6.07, 6.45) is 0.506. The highest BCUT2D eigenvalue weighted by Crippen LogP contribution is 2.31. The average molecular weight is 438 g/mol. The van der Waals surface area contributed by atoms with Crippen molar-refractivity contribution in [2.45, 2.75) is 39.8 Å². The number of hydrogen-bond acceptors (Lipinski definition) is 4. The van der Waals surface area contributed by atoms with Gasteiger partial charge in [-0.15, -0.1) is 0 Å². The maximum absolute atomic E-state index is 12.8. The SMILES string of the molecule is Cc1ccc(CNC(=O)c2cc(-c3ccc(C)c(C)c3)n(C3CCS(=O)(=O)C3)n2)cc1. The molecule has 0 aliphatic carbocycles. The fourth-order valence-corrected chi connectivity index (χ4v) is 5.54. The van der Waals surface area contributed by atoms with Crippen molar-refractivity contribution in [3.63, 3.8) is 0 Å². The molecule has 1 atom stereocenters. The van der Waals surface area contributed by atoms with E-state index in [0.717, 1.165) is 22.4 Å². The molecule has 3 aromatic rings. The van der Waals surface area contributed by atoms with Crippen LogP contribution >= 0.6 is 0 Å². The Morgan fingerprint density at radius 3 is 2.45 bits per heavy atom. The van der Waals surface area contributed by atoms with E-state index in [4.69, 9.17) is 0 Å². The molecule has 0 saturated carbocycles. The number of nitrogens with zero attached hydrogens (tertiary/aromatic N) is 2. The van der Waals surface area contributed by atoms with Crippen molar-refractivity contribution in [1.82, 2.24) is 15.1 Å². The van der Waals surface area contributed by atoms with Gasteiger partial charge < -0.3 is 5.32 Å². The molecule has 0 radical (unpaired) electrons. The van der Waals surface area contributed by atoms with Crippen molar-refractivity contribution in [1.29, 1.82) is 0 Å². The van der Waals surface area contributed by atoms with E-state index >= 15 is 0 Å². The lowest BCUT2D eigenvalue weighted by atomic mass is 10.0. The van der Waals surface area contributed by atoms with Gasteiger partial charge in [-0.2, -0.15) is 5.10 Å². The normalized spacial score (nSPS) is 17.6. The number of benzene rings is 2. The van der Waals surface area contributed by atoms with Crippen LogP contribution in [-0.2, 0) is 16.4 Å². The zero-order valence-corrected chi connectivity index (χ0v) is 18.9. The number of rotatable bonds is 5. The molecule has 31 heavy (non-hydrogen) atoms. The second-order valence-corrected chi connectivity index (χ2v) is 10.6. The van der Waals surface area contributed by atoms with Gasteiger partial charge in [-0.25, -0.2) is 8.42 Å². The maximum Gasteiger partial charge on any atom is 0.272 e. The van der Waals surface area contributed by atoms with Crippen molar-refractivity contribution < 1.29 is 13.2 Å². The molecule has 1 saturated heterocycles. The predicted octanol–water partition coefficient (Wildman–Crippen LogP) is 3.76. The highest BCUT2D eigenvalue weighted by atomic mass is 32.2.